The van der Waals surface area contributed by atoms with Crippen LogP contribution < -0.4 is 0 Å². The summed E-state index contributed by atoms with van der Waals surface area (Å²) in [5.74, 6) is -0.989. The Labute approximate surface area is 381 Å². The van der Waals surface area contributed by atoms with Crippen LogP contribution in [0.5, 0.6) is 0 Å². The zero-order valence-corrected chi connectivity index (χ0v) is 40.1. The van der Waals surface area contributed by atoms with E-state index in [0.717, 1.165) is 96.3 Å². The van der Waals surface area contributed by atoms with Crippen molar-refractivity contribution < 1.29 is 28.6 Å². The Morgan fingerprint density at radius 2 is 0.710 bits per heavy atom. The van der Waals surface area contributed by atoms with Gasteiger partial charge in [-0.3, -0.25) is 14.4 Å². The van der Waals surface area contributed by atoms with Gasteiger partial charge in [0.25, 0.3) is 0 Å². The molecule has 0 aliphatic carbocycles. The Morgan fingerprint density at radius 1 is 0.355 bits per heavy atom. The molecule has 0 aliphatic heterocycles. The molecule has 0 rings (SSSR count). The smallest absolute Gasteiger partial charge is 0.306 e. The predicted molar refractivity (Wildman–Crippen MR) is 265 cm³/mol. The number of unbranched alkanes of at least 4 members (excludes halogenated alkanes) is 19. The summed E-state index contributed by atoms with van der Waals surface area (Å²) in [7, 11) is 0. The molecule has 0 heterocycles. The summed E-state index contributed by atoms with van der Waals surface area (Å²) in [5, 5.41) is 0. The topological polar surface area (TPSA) is 78.9 Å². The Bertz CT molecular complexity index is 1260. The highest BCUT2D eigenvalue weighted by atomic mass is 16.6. The van der Waals surface area contributed by atoms with Crippen molar-refractivity contribution in [2.75, 3.05) is 13.2 Å². The molecule has 0 spiro atoms. The molecular formula is C56H92O6. The van der Waals surface area contributed by atoms with Gasteiger partial charge in [0, 0.05) is 19.3 Å². The van der Waals surface area contributed by atoms with Crippen LogP contribution in [0.4, 0.5) is 0 Å². The first-order chi connectivity index (χ1) is 30.5. The molecule has 6 heteroatoms. The van der Waals surface area contributed by atoms with Gasteiger partial charge in [0.05, 0.1) is 0 Å². The third kappa shape index (κ3) is 47.4. The predicted octanol–water partition coefficient (Wildman–Crippen LogP) is 16.6. The number of allylic oxidation sites excluding steroid dienone is 16. The molecule has 0 radical (unpaired) electrons. The van der Waals surface area contributed by atoms with Gasteiger partial charge in [-0.2, -0.15) is 0 Å². The molecule has 352 valence electrons. The summed E-state index contributed by atoms with van der Waals surface area (Å²) >= 11 is 0. The highest BCUT2D eigenvalue weighted by molar-refractivity contribution is 5.71. The molecule has 1 atom stereocenters. The van der Waals surface area contributed by atoms with Gasteiger partial charge in [0.2, 0.25) is 0 Å². The van der Waals surface area contributed by atoms with Crippen LogP contribution in [0.1, 0.15) is 220 Å². The van der Waals surface area contributed by atoms with Crippen molar-refractivity contribution in [1.29, 1.82) is 0 Å². The number of carbonyl (C=O) groups excluding carboxylic acids is 3. The van der Waals surface area contributed by atoms with Crippen LogP contribution >= 0.6 is 0 Å². The fourth-order valence-electron chi connectivity index (χ4n) is 6.55. The van der Waals surface area contributed by atoms with Crippen molar-refractivity contribution in [3.8, 4) is 0 Å². The Hall–Kier alpha value is -3.67. The minimum Gasteiger partial charge on any atom is -0.462 e. The molecular weight excluding hydrogens is 769 g/mol. The fraction of sp³-hybridized carbons (Fsp3) is 0.661. The number of esters is 3. The van der Waals surface area contributed by atoms with E-state index in [-0.39, 0.29) is 37.5 Å². The summed E-state index contributed by atoms with van der Waals surface area (Å²) in [6.07, 6.45) is 65.3. The van der Waals surface area contributed by atoms with Crippen LogP contribution in [0.25, 0.3) is 0 Å². The molecule has 0 N–H and O–H groups in total. The van der Waals surface area contributed by atoms with Gasteiger partial charge in [-0.25, -0.2) is 0 Å². The summed E-state index contributed by atoms with van der Waals surface area (Å²) < 4.78 is 16.7. The normalized spacial score (nSPS) is 12.9. The lowest BCUT2D eigenvalue weighted by Crippen LogP contribution is -2.30. The molecule has 0 fully saturated rings. The first-order valence-corrected chi connectivity index (χ1v) is 25.3. The van der Waals surface area contributed by atoms with Crippen molar-refractivity contribution in [2.45, 2.75) is 226 Å². The second-order valence-electron chi connectivity index (χ2n) is 16.4. The van der Waals surface area contributed by atoms with Crippen LogP contribution in [0.3, 0.4) is 0 Å². The van der Waals surface area contributed by atoms with E-state index >= 15 is 0 Å². The summed E-state index contributed by atoms with van der Waals surface area (Å²) in [4.78, 5) is 37.9. The lowest BCUT2D eigenvalue weighted by Gasteiger charge is -2.18. The molecule has 0 saturated heterocycles. The fourth-order valence-corrected chi connectivity index (χ4v) is 6.55. The second kappa shape index (κ2) is 50.0. The van der Waals surface area contributed by atoms with Crippen LogP contribution in [0.2, 0.25) is 0 Å². The SMILES string of the molecule is CC\C=C/C=C\C=C/CCCCCCCCCC(=O)OC(COC(=O)CCC/C=C\C/C=C\C/C=C\C/C=C\CCCCC)COC(=O)CCCCCCC/C=C\CCCCC. The van der Waals surface area contributed by atoms with Gasteiger partial charge in [-0.05, 0) is 103 Å². The third-order valence-electron chi connectivity index (χ3n) is 10.4. The van der Waals surface area contributed by atoms with E-state index in [1.165, 1.54) is 77.0 Å². The molecule has 0 aromatic carbocycles. The number of carbonyl (C=O) groups is 3. The van der Waals surface area contributed by atoms with Gasteiger partial charge < -0.3 is 14.2 Å². The van der Waals surface area contributed by atoms with Crippen molar-refractivity contribution in [3.05, 3.63) is 97.2 Å². The zero-order valence-electron chi connectivity index (χ0n) is 40.1. The molecule has 0 saturated carbocycles. The standard InChI is InChI=1S/C56H92O6/c1-4-7-10-13-16-19-22-25-27-28-30-31-34-37-40-43-46-49-55(58)61-52-53(51-60-54(57)48-45-42-39-36-33-24-21-18-15-12-9-6-3)62-56(59)50-47-44-41-38-35-32-29-26-23-20-17-14-11-8-5-2/h8,11,14,16-21,23,25,27,30-31,37,40,53H,4-7,9-10,12-13,15,22,24,26,28-29,32-36,38-39,41-52H2,1-3H3/b11-8-,17-14-,19-16-,21-18-,23-20-,27-25-,31-30-,40-37-. The Morgan fingerprint density at radius 3 is 1.19 bits per heavy atom. The number of hydrogen-bond donors (Lipinski definition) is 0. The van der Waals surface area contributed by atoms with Gasteiger partial charge >= 0.3 is 17.9 Å². The number of rotatable bonds is 44. The summed E-state index contributed by atoms with van der Waals surface area (Å²) in [6, 6.07) is 0. The molecule has 0 amide bonds. The number of hydrogen-bond acceptors (Lipinski definition) is 6. The highest BCUT2D eigenvalue weighted by Gasteiger charge is 2.19. The third-order valence-corrected chi connectivity index (χ3v) is 10.4. The van der Waals surface area contributed by atoms with E-state index in [9.17, 15) is 14.4 Å². The first kappa shape index (κ1) is 58.3. The highest BCUT2D eigenvalue weighted by Crippen LogP contribution is 2.13. The van der Waals surface area contributed by atoms with E-state index in [0.29, 0.717) is 19.3 Å². The lowest BCUT2D eigenvalue weighted by molar-refractivity contribution is -0.167. The monoisotopic (exact) mass is 861 g/mol. The van der Waals surface area contributed by atoms with Crippen LogP contribution in [0.15, 0.2) is 97.2 Å². The number of ether oxygens (including phenoxy) is 3. The van der Waals surface area contributed by atoms with E-state index < -0.39 is 6.10 Å². The van der Waals surface area contributed by atoms with Crippen LogP contribution in [-0.4, -0.2) is 37.2 Å². The van der Waals surface area contributed by atoms with Gasteiger partial charge in [-0.15, -0.1) is 0 Å². The minimum absolute atomic E-state index is 0.105. The summed E-state index contributed by atoms with van der Waals surface area (Å²) in [5.41, 5.74) is 0. The van der Waals surface area contributed by atoms with E-state index in [1.54, 1.807) is 0 Å². The van der Waals surface area contributed by atoms with E-state index in [1.807, 2.05) is 0 Å². The van der Waals surface area contributed by atoms with Gasteiger partial charge in [-0.1, -0.05) is 195 Å². The quantitative estimate of drug-likeness (QED) is 0.0200. The molecule has 6 nitrogen and oxygen atoms in total. The first-order valence-electron chi connectivity index (χ1n) is 25.3. The largest absolute Gasteiger partial charge is 0.462 e. The van der Waals surface area contributed by atoms with Gasteiger partial charge in [0.1, 0.15) is 13.2 Å². The molecule has 62 heavy (non-hydrogen) atoms. The maximum Gasteiger partial charge on any atom is 0.306 e. The van der Waals surface area contributed by atoms with E-state index in [2.05, 4.69) is 118 Å². The molecule has 1 unspecified atom stereocenters. The zero-order chi connectivity index (χ0) is 45.1. The maximum absolute atomic E-state index is 12.8. The molecule has 0 aromatic heterocycles. The van der Waals surface area contributed by atoms with Crippen molar-refractivity contribution >= 4 is 17.9 Å². The summed E-state index contributed by atoms with van der Waals surface area (Å²) in [6.45, 7) is 6.38. The molecule has 0 bridgehead atoms. The van der Waals surface area contributed by atoms with Crippen LogP contribution in [0, 0.1) is 0 Å². The second-order valence-corrected chi connectivity index (χ2v) is 16.4. The average Bonchev–Trinajstić information content (AvgIpc) is 3.27. The minimum atomic E-state index is -0.809. The van der Waals surface area contributed by atoms with Crippen molar-refractivity contribution in [2.24, 2.45) is 0 Å². The Balaban J connectivity index is 4.51. The van der Waals surface area contributed by atoms with Crippen molar-refractivity contribution in [3.63, 3.8) is 0 Å². The van der Waals surface area contributed by atoms with Crippen LogP contribution in [-0.2, 0) is 28.6 Å². The van der Waals surface area contributed by atoms with Gasteiger partial charge in [0.15, 0.2) is 6.10 Å². The average molecular weight is 861 g/mol. The molecule has 0 aromatic rings. The van der Waals surface area contributed by atoms with E-state index in [4.69, 9.17) is 14.2 Å². The molecule has 0 aliphatic rings. The van der Waals surface area contributed by atoms with Crippen molar-refractivity contribution in [1.82, 2.24) is 0 Å². The Kier molecular flexibility index (Phi) is 47.0. The lowest BCUT2D eigenvalue weighted by atomic mass is 10.1. The maximum atomic E-state index is 12.8.